The lowest BCUT2D eigenvalue weighted by Crippen LogP contribution is -2.05. The van der Waals surface area contributed by atoms with E-state index in [1.54, 1.807) is 12.1 Å². The van der Waals surface area contributed by atoms with Crippen LogP contribution in [0, 0.1) is 17.7 Å². The molecule has 0 amide bonds. The summed E-state index contributed by atoms with van der Waals surface area (Å²) < 4.78 is 13.9. The predicted octanol–water partition coefficient (Wildman–Crippen LogP) is 2.55. The van der Waals surface area contributed by atoms with Crippen LogP contribution >= 0.6 is 15.9 Å². The number of hydrogen-bond donors (Lipinski definition) is 1. The molecule has 0 aliphatic rings. The van der Waals surface area contributed by atoms with Crippen LogP contribution in [0.3, 0.4) is 0 Å². The minimum atomic E-state index is -0.281. The van der Waals surface area contributed by atoms with E-state index in [2.05, 4.69) is 33.1 Å². The number of halogens is 2. The Kier molecular flexibility index (Phi) is 4.64. The van der Waals surface area contributed by atoms with Gasteiger partial charge in [-0.2, -0.15) is 0 Å². The fourth-order valence-corrected chi connectivity index (χ4v) is 1.27. The van der Waals surface area contributed by atoms with Crippen LogP contribution in [0.2, 0.25) is 0 Å². The highest BCUT2D eigenvalue weighted by Crippen LogP contribution is 2.14. The minimum Gasteiger partial charge on any atom is -0.319 e. The molecule has 74 valence electrons. The Labute approximate surface area is 91.8 Å². The van der Waals surface area contributed by atoms with E-state index < -0.39 is 0 Å². The Morgan fingerprint density at radius 2 is 2.29 bits per heavy atom. The maximum Gasteiger partial charge on any atom is 0.139 e. The van der Waals surface area contributed by atoms with E-state index in [4.69, 9.17) is 0 Å². The second kappa shape index (κ2) is 5.79. The van der Waals surface area contributed by atoms with E-state index in [-0.39, 0.29) is 5.82 Å². The molecule has 0 bridgehead atoms. The molecule has 0 saturated heterocycles. The van der Waals surface area contributed by atoms with Crippen molar-refractivity contribution in [3.63, 3.8) is 0 Å². The van der Waals surface area contributed by atoms with Crippen molar-refractivity contribution in [3.05, 3.63) is 34.1 Å². The summed E-state index contributed by atoms with van der Waals surface area (Å²) in [6.07, 6.45) is 0.728. The van der Waals surface area contributed by atoms with Crippen LogP contribution in [0.4, 0.5) is 4.39 Å². The van der Waals surface area contributed by atoms with Gasteiger partial charge in [-0.15, -0.1) is 0 Å². The fourth-order valence-electron chi connectivity index (χ4n) is 0.936. The van der Waals surface area contributed by atoms with Crippen molar-refractivity contribution in [2.45, 2.75) is 6.42 Å². The third-order valence-electron chi connectivity index (χ3n) is 1.65. The molecule has 0 aliphatic carbocycles. The smallest absolute Gasteiger partial charge is 0.139 e. The zero-order chi connectivity index (χ0) is 10.4. The first kappa shape index (κ1) is 11.2. The number of rotatable bonds is 2. The van der Waals surface area contributed by atoms with Gasteiger partial charge in [0.25, 0.3) is 0 Å². The molecule has 0 spiro atoms. The first-order chi connectivity index (χ1) is 6.74. The maximum atomic E-state index is 13.2. The molecule has 3 heteroatoms. The average molecular weight is 256 g/mol. The molecule has 1 aromatic carbocycles. The number of hydrogen-bond acceptors (Lipinski definition) is 1. The topological polar surface area (TPSA) is 12.0 Å². The van der Waals surface area contributed by atoms with Gasteiger partial charge in [0, 0.05) is 17.4 Å². The van der Waals surface area contributed by atoms with Crippen LogP contribution in [0.5, 0.6) is 0 Å². The van der Waals surface area contributed by atoms with Gasteiger partial charge < -0.3 is 5.32 Å². The van der Waals surface area contributed by atoms with Gasteiger partial charge in [-0.25, -0.2) is 4.39 Å². The normalized spacial score (nSPS) is 9.36. The number of nitrogens with one attached hydrogen (secondary N) is 1. The van der Waals surface area contributed by atoms with Crippen molar-refractivity contribution in [3.8, 4) is 11.8 Å². The standard InChI is InChI=1S/C11H11BrFN/c1-14-7-3-2-4-9-5-6-10(12)8-11(9)13/h5-6,8,14H,3,7H2,1H3. The zero-order valence-corrected chi connectivity index (χ0v) is 9.49. The van der Waals surface area contributed by atoms with Gasteiger partial charge in [0.15, 0.2) is 0 Å². The van der Waals surface area contributed by atoms with Crippen LogP contribution in [-0.2, 0) is 0 Å². The highest BCUT2D eigenvalue weighted by Gasteiger charge is 1.98. The summed E-state index contributed by atoms with van der Waals surface area (Å²) in [6, 6.07) is 4.87. The first-order valence-corrected chi connectivity index (χ1v) is 5.12. The third-order valence-corrected chi connectivity index (χ3v) is 2.15. The second-order valence-corrected chi connectivity index (χ2v) is 3.70. The van der Waals surface area contributed by atoms with Crippen molar-refractivity contribution >= 4 is 15.9 Å². The number of benzene rings is 1. The lowest BCUT2D eigenvalue weighted by molar-refractivity contribution is 0.623. The van der Waals surface area contributed by atoms with Gasteiger partial charge in [0.2, 0.25) is 0 Å². The summed E-state index contributed by atoms with van der Waals surface area (Å²) in [5, 5.41) is 2.97. The lowest BCUT2D eigenvalue weighted by atomic mass is 10.2. The van der Waals surface area contributed by atoms with E-state index in [9.17, 15) is 4.39 Å². The van der Waals surface area contributed by atoms with E-state index in [0.717, 1.165) is 17.4 Å². The molecule has 0 radical (unpaired) electrons. The molecular weight excluding hydrogens is 245 g/mol. The van der Waals surface area contributed by atoms with Gasteiger partial charge >= 0.3 is 0 Å². The summed E-state index contributed by atoms with van der Waals surface area (Å²) in [5.74, 6) is 5.40. The third kappa shape index (κ3) is 3.49. The molecule has 0 heterocycles. The Morgan fingerprint density at radius 3 is 2.93 bits per heavy atom. The molecule has 1 aromatic rings. The zero-order valence-electron chi connectivity index (χ0n) is 7.90. The van der Waals surface area contributed by atoms with Crippen molar-refractivity contribution in [1.82, 2.24) is 5.32 Å². The van der Waals surface area contributed by atoms with Crippen LogP contribution in [0.1, 0.15) is 12.0 Å². The Balaban J connectivity index is 2.70. The molecule has 0 fully saturated rings. The molecule has 0 unspecified atom stereocenters. The molecule has 0 saturated carbocycles. The Morgan fingerprint density at radius 1 is 1.50 bits per heavy atom. The van der Waals surface area contributed by atoms with Crippen LogP contribution in [-0.4, -0.2) is 13.6 Å². The molecule has 1 nitrogen and oxygen atoms in total. The molecule has 1 rings (SSSR count). The summed E-state index contributed by atoms with van der Waals surface area (Å²) in [7, 11) is 1.86. The van der Waals surface area contributed by atoms with Crippen molar-refractivity contribution in [2.75, 3.05) is 13.6 Å². The van der Waals surface area contributed by atoms with Crippen molar-refractivity contribution < 1.29 is 4.39 Å². The summed E-state index contributed by atoms with van der Waals surface area (Å²) in [4.78, 5) is 0. The molecule has 0 aliphatic heterocycles. The minimum absolute atomic E-state index is 0.281. The Bertz CT molecular complexity index is 365. The van der Waals surface area contributed by atoms with Crippen molar-refractivity contribution in [1.29, 1.82) is 0 Å². The summed E-state index contributed by atoms with van der Waals surface area (Å²) in [6.45, 7) is 0.825. The predicted molar refractivity (Wildman–Crippen MR) is 59.5 cm³/mol. The lowest BCUT2D eigenvalue weighted by Gasteiger charge is -1.94. The van der Waals surface area contributed by atoms with Gasteiger partial charge in [-0.1, -0.05) is 27.8 Å². The second-order valence-electron chi connectivity index (χ2n) is 2.78. The van der Waals surface area contributed by atoms with E-state index in [0.29, 0.717) is 5.56 Å². The first-order valence-electron chi connectivity index (χ1n) is 4.32. The van der Waals surface area contributed by atoms with E-state index in [1.807, 2.05) is 7.05 Å². The quantitative estimate of drug-likeness (QED) is 0.633. The highest BCUT2D eigenvalue weighted by molar-refractivity contribution is 9.10. The molecule has 14 heavy (non-hydrogen) atoms. The monoisotopic (exact) mass is 255 g/mol. The van der Waals surface area contributed by atoms with E-state index >= 15 is 0 Å². The van der Waals surface area contributed by atoms with Gasteiger partial charge in [0.05, 0.1) is 5.56 Å². The van der Waals surface area contributed by atoms with Crippen molar-refractivity contribution in [2.24, 2.45) is 0 Å². The molecule has 0 aromatic heterocycles. The average Bonchev–Trinajstić information content (AvgIpc) is 2.15. The van der Waals surface area contributed by atoms with Gasteiger partial charge in [-0.05, 0) is 25.2 Å². The fraction of sp³-hybridized carbons (Fsp3) is 0.273. The van der Waals surface area contributed by atoms with Gasteiger partial charge in [-0.3, -0.25) is 0 Å². The van der Waals surface area contributed by atoms with Crippen LogP contribution in [0.25, 0.3) is 0 Å². The van der Waals surface area contributed by atoms with Gasteiger partial charge in [0.1, 0.15) is 5.82 Å². The Hall–Kier alpha value is -0.850. The molecular formula is C11H11BrFN. The largest absolute Gasteiger partial charge is 0.319 e. The van der Waals surface area contributed by atoms with Crippen LogP contribution in [0.15, 0.2) is 22.7 Å². The summed E-state index contributed by atoms with van der Waals surface area (Å²) >= 11 is 3.19. The molecule has 0 atom stereocenters. The highest BCUT2D eigenvalue weighted by atomic mass is 79.9. The van der Waals surface area contributed by atoms with E-state index in [1.165, 1.54) is 6.07 Å². The maximum absolute atomic E-state index is 13.2. The SMILES string of the molecule is CNCCC#Cc1ccc(Br)cc1F. The summed E-state index contributed by atoms with van der Waals surface area (Å²) in [5.41, 5.74) is 0.448. The van der Waals surface area contributed by atoms with Crippen LogP contribution < -0.4 is 5.32 Å². The molecule has 1 N–H and O–H groups in total.